The van der Waals surface area contributed by atoms with E-state index in [9.17, 15) is 4.79 Å². The molecule has 0 aromatic heterocycles. The predicted molar refractivity (Wildman–Crippen MR) is 62.7 cm³/mol. The number of carbonyl (C=O) groups is 1. The van der Waals surface area contributed by atoms with Crippen LogP contribution in [0.15, 0.2) is 0 Å². The summed E-state index contributed by atoms with van der Waals surface area (Å²) in [7, 11) is 0. The molecular weight excluding hydrogens is 188 g/mol. The van der Waals surface area contributed by atoms with Crippen LogP contribution in [0.25, 0.3) is 0 Å². The van der Waals surface area contributed by atoms with E-state index < -0.39 is 0 Å². The Morgan fingerprint density at radius 3 is 2.80 bits per heavy atom. The van der Waals surface area contributed by atoms with Crippen molar-refractivity contribution in [3.05, 3.63) is 0 Å². The molecule has 1 rings (SSSR count). The lowest BCUT2D eigenvalue weighted by Crippen LogP contribution is -2.35. The summed E-state index contributed by atoms with van der Waals surface area (Å²) in [6.07, 6.45) is 5.86. The van der Waals surface area contributed by atoms with Gasteiger partial charge in [-0.15, -0.1) is 0 Å². The average molecular weight is 212 g/mol. The van der Waals surface area contributed by atoms with E-state index in [4.69, 9.17) is 0 Å². The highest BCUT2D eigenvalue weighted by Crippen LogP contribution is 2.27. The van der Waals surface area contributed by atoms with Gasteiger partial charge in [0.1, 0.15) is 0 Å². The second kappa shape index (κ2) is 6.83. The normalized spacial score (nSPS) is 25.5. The van der Waals surface area contributed by atoms with Crippen molar-refractivity contribution in [2.75, 3.05) is 13.1 Å². The predicted octanol–water partition coefficient (Wildman–Crippen LogP) is 1.68. The Morgan fingerprint density at radius 1 is 1.33 bits per heavy atom. The first-order valence-corrected chi connectivity index (χ1v) is 6.28. The zero-order valence-corrected chi connectivity index (χ0v) is 10.0. The highest BCUT2D eigenvalue weighted by atomic mass is 16.1. The summed E-state index contributed by atoms with van der Waals surface area (Å²) in [6.45, 7) is 5.77. The van der Waals surface area contributed by atoms with Crippen LogP contribution in [0, 0.1) is 5.92 Å². The lowest BCUT2D eigenvalue weighted by atomic mass is 10.0. The molecule has 1 amide bonds. The summed E-state index contributed by atoms with van der Waals surface area (Å²) in [5, 5.41) is 6.33. The first kappa shape index (κ1) is 12.5. The molecule has 2 atom stereocenters. The Bertz CT molecular complexity index is 194. The summed E-state index contributed by atoms with van der Waals surface area (Å²) >= 11 is 0. The van der Waals surface area contributed by atoms with Gasteiger partial charge in [-0.05, 0) is 25.7 Å². The van der Waals surface area contributed by atoms with Crippen LogP contribution in [0.2, 0.25) is 0 Å². The van der Waals surface area contributed by atoms with E-state index in [1.54, 1.807) is 0 Å². The van der Waals surface area contributed by atoms with Crippen LogP contribution in [-0.2, 0) is 4.79 Å². The van der Waals surface area contributed by atoms with Crippen molar-refractivity contribution >= 4 is 5.91 Å². The van der Waals surface area contributed by atoms with Gasteiger partial charge in [-0.1, -0.05) is 19.8 Å². The van der Waals surface area contributed by atoms with Crippen LogP contribution in [0.3, 0.4) is 0 Å². The summed E-state index contributed by atoms with van der Waals surface area (Å²) in [4.78, 5) is 11.2. The second-order valence-electron chi connectivity index (χ2n) is 4.36. The average Bonchev–Trinajstić information content (AvgIpc) is 2.66. The molecule has 0 radical (unpaired) electrons. The van der Waals surface area contributed by atoms with Gasteiger partial charge in [0.2, 0.25) is 5.91 Å². The third-order valence-electron chi connectivity index (χ3n) is 3.32. The van der Waals surface area contributed by atoms with Crippen molar-refractivity contribution in [2.24, 2.45) is 5.92 Å². The van der Waals surface area contributed by atoms with Crippen LogP contribution in [0.5, 0.6) is 0 Å². The Balaban J connectivity index is 2.11. The molecule has 2 unspecified atom stereocenters. The third-order valence-corrected chi connectivity index (χ3v) is 3.32. The van der Waals surface area contributed by atoms with Crippen molar-refractivity contribution in [2.45, 2.75) is 52.0 Å². The summed E-state index contributed by atoms with van der Waals surface area (Å²) in [5.41, 5.74) is 0. The summed E-state index contributed by atoms with van der Waals surface area (Å²) in [6, 6.07) is 0.657. The minimum atomic E-state index is 0.163. The maximum absolute atomic E-state index is 11.2. The van der Waals surface area contributed by atoms with E-state index in [-0.39, 0.29) is 5.91 Å². The number of amides is 1. The Morgan fingerprint density at radius 2 is 2.13 bits per heavy atom. The largest absolute Gasteiger partial charge is 0.356 e. The highest BCUT2D eigenvalue weighted by Gasteiger charge is 2.24. The fourth-order valence-corrected chi connectivity index (χ4v) is 2.45. The van der Waals surface area contributed by atoms with Gasteiger partial charge in [0.05, 0.1) is 0 Å². The lowest BCUT2D eigenvalue weighted by Gasteiger charge is -2.19. The van der Waals surface area contributed by atoms with E-state index in [0.717, 1.165) is 19.0 Å². The van der Waals surface area contributed by atoms with Crippen LogP contribution in [0.4, 0.5) is 0 Å². The molecule has 2 N–H and O–H groups in total. The standard InChI is InChI=1S/C12H24N2O/c1-3-10-6-5-7-11(10)14-9-8-12(15)13-4-2/h10-11,14H,3-9H2,1-2H3,(H,13,15). The minimum absolute atomic E-state index is 0.163. The first-order valence-electron chi connectivity index (χ1n) is 6.28. The number of rotatable bonds is 6. The fourth-order valence-electron chi connectivity index (χ4n) is 2.45. The molecule has 0 heterocycles. The van der Waals surface area contributed by atoms with E-state index in [2.05, 4.69) is 17.6 Å². The SMILES string of the molecule is CCNC(=O)CCNC1CCCC1CC. The van der Waals surface area contributed by atoms with Crippen LogP contribution < -0.4 is 10.6 Å². The van der Waals surface area contributed by atoms with Gasteiger partial charge in [-0.2, -0.15) is 0 Å². The number of nitrogens with one attached hydrogen (secondary N) is 2. The molecule has 1 aliphatic carbocycles. The molecule has 0 aliphatic heterocycles. The molecule has 0 aromatic carbocycles. The topological polar surface area (TPSA) is 41.1 Å². The van der Waals surface area contributed by atoms with Crippen molar-refractivity contribution in [1.82, 2.24) is 10.6 Å². The molecule has 15 heavy (non-hydrogen) atoms. The van der Waals surface area contributed by atoms with Gasteiger partial charge in [-0.25, -0.2) is 0 Å². The maximum Gasteiger partial charge on any atom is 0.221 e. The fraction of sp³-hybridized carbons (Fsp3) is 0.917. The molecule has 1 fully saturated rings. The van der Waals surface area contributed by atoms with E-state index >= 15 is 0 Å². The van der Waals surface area contributed by atoms with Gasteiger partial charge in [-0.3, -0.25) is 4.79 Å². The summed E-state index contributed by atoms with van der Waals surface area (Å²) < 4.78 is 0. The molecule has 3 nitrogen and oxygen atoms in total. The molecule has 3 heteroatoms. The highest BCUT2D eigenvalue weighted by molar-refractivity contribution is 5.75. The van der Waals surface area contributed by atoms with E-state index in [0.29, 0.717) is 12.5 Å². The molecule has 0 aromatic rings. The molecule has 88 valence electrons. The Hall–Kier alpha value is -0.570. The van der Waals surface area contributed by atoms with Crippen molar-refractivity contribution < 1.29 is 4.79 Å². The quantitative estimate of drug-likeness (QED) is 0.703. The van der Waals surface area contributed by atoms with E-state index in [1.807, 2.05) is 6.92 Å². The zero-order chi connectivity index (χ0) is 11.1. The lowest BCUT2D eigenvalue weighted by molar-refractivity contribution is -0.120. The van der Waals surface area contributed by atoms with E-state index in [1.165, 1.54) is 25.7 Å². The van der Waals surface area contributed by atoms with Gasteiger partial charge in [0.25, 0.3) is 0 Å². The molecule has 0 spiro atoms. The Labute approximate surface area is 93.0 Å². The van der Waals surface area contributed by atoms with Crippen molar-refractivity contribution in [3.63, 3.8) is 0 Å². The monoisotopic (exact) mass is 212 g/mol. The number of carbonyl (C=O) groups excluding carboxylic acids is 1. The summed E-state index contributed by atoms with van der Waals surface area (Å²) in [5.74, 6) is 0.996. The zero-order valence-electron chi connectivity index (χ0n) is 10.0. The third kappa shape index (κ3) is 4.20. The van der Waals surface area contributed by atoms with Crippen molar-refractivity contribution in [1.29, 1.82) is 0 Å². The minimum Gasteiger partial charge on any atom is -0.356 e. The van der Waals surface area contributed by atoms with Gasteiger partial charge >= 0.3 is 0 Å². The smallest absolute Gasteiger partial charge is 0.221 e. The number of hydrogen-bond acceptors (Lipinski definition) is 2. The molecule has 0 saturated heterocycles. The van der Waals surface area contributed by atoms with Crippen LogP contribution in [-0.4, -0.2) is 25.0 Å². The Kier molecular flexibility index (Phi) is 5.69. The number of hydrogen-bond donors (Lipinski definition) is 2. The molecule has 0 bridgehead atoms. The second-order valence-corrected chi connectivity index (χ2v) is 4.36. The van der Waals surface area contributed by atoms with Crippen molar-refractivity contribution in [3.8, 4) is 0 Å². The maximum atomic E-state index is 11.2. The van der Waals surface area contributed by atoms with Gasteiger partial charge in [0.15, 0.2) is 0 Å². The molecular formula is C12H24N2O. The molecule has 1 aliphatic rings. The molecule has 1 saturated carbocycles. The van der Waals surface area contributed by atoms with Crippen LogP contribution >= 0.6 is 0 Å². The first-order chi connectivity index (χ1) is 7.27. The van der Waals surface area contributed by atoms with Crippen LogP contribution in [0.1, 0.15) is 46.0 Å². The van der Waals surface area contributed by atoms with Gasteiger partial charge < -0.3 is 10.6 Å². The van der Waals surface area contributed by atoms with Gasteiger partial charge in [0, 0.05) is 25.6 Å².